The summed E-state index contributed by atoms with van der Waals surface area (Å²) in [6, 6.07) is 16.3. The van der Waals surface area contributed by atoms with E-state index in [0.29, 0.717) is 55.3 Å². The van der Waals surface area contributed by atoms with Crippen LogP contribution in [-0.4, -0.2) is 61.1 Å². The number of benzene rings is 2. The highest BCUT2D eigenvalue weighted by molar-refractivity contribution is 6.06. The van der Waals surface area contributed by atoms with Crippen LogP contribution in [0.2, 0.25) is 0 Å². The van der Waals surface area contributed by atoms with Crippen molar-refractivity contribution in [2.75, 3.05) is 43.0 Å². The Kier molecular flexibility index (Phi) is 7.94. The molecule has 4 rings (SSSR count). The lowest BCUT2D eigenvalue weighted by atomic mass is 10.1. The van der Waals surface area contributed by atoms with Crippen LogP contribution in [0.15, 0.2) is 66.9 Å². The van der Waals surface area contributed by atoms with E-state index in [-0.39, 0.29) is 17.6 Å². The second-order valence-corrected chi connectivity index (χ2v) is 7.97. The second kappa shape index (κ2) is 11.5. The first-order valence-electron chi connectivity index (χ1n) is 11.5. The van der Waals surface area contributed by atoms with Crippen LogP contribution in [0, 0.1) is 0 Å². The smallest absolute Gasteiger partial charge is 0.387 e. The number of ether oxygens (including phenoxy) is 2. The van der Waals surface area contributed by atoms with Gasteiger partial charge in [-0.3, -0.25) is 9.59 Å². The third-order valence-electron chi connectivity index (χ3n) is 5.65. The number of hydrogen-bond acceptors (Lipinski definition) is 6. The molecule has 1 N–H and O–H groups in total. The third-order valence-corrected chi connectivity index (χ3v) is 5.65. The number of amides is 2. The first-order valence-corrected chi connectivity index (χ1v) is 11.5. The number of halogens is 2. The third kappa shape index (κ3) is 6.07. The van der Waals surface area contributed by atoms with Gasteiger partial charge in [0.1, 0.15) is 17.3 Å². The molecule has 188 valence electrons. The molecular weight excluding hydrogens is 470 g/mol. The number of nitrogens with zero attached hydrogens (tertiary/aromatic N) is 3. The summed E-state index contributed by atoms with van der Waals surface area (Å²) in [5, 5.41) is 2.84. The van der Waals surface area contributed by atoms with Crippen LogP contribution in [0.25, 0.3) is 0 Å². The summed E-state index contributed by atoms with van der Waals surface area (Å²) in [7, 11) is 0. The summed E-state index contributed by atoms with van der Waals surface area (Å²) < 4.78 is 34.5. The van der Waals surface area contributed by atoms with E-state index in [9.17, 15) is 18.4 Å². The van der Waals surface area contributed by atoms with E-state index in [1.54, 1.807) is 35.4 Å². The Morgan fingerprint density at radius 1 is 1.00 bits per heavy atom. The van der Waals surface area contributed by atoms with E-state index in [4.69, 9.17) is 4.74 Å². The zero-order chi connectivity index (χ0) is 25.5. The van der Waals surface area contributed by atoms with Gasteiger partial charge in [0, 0.05) is 31.7 Å². The zero-order valence-electron chi connectivity index (χ0n) is 19.7. The minimum absolute atomic E-state index is 0.00980. The number of anilines is 2. The Morgan fingerprint density at radius 2 is 1.72 bits per heavy atom. The lowest BCUT2D eigenvalue weighted by Crippen LogP contribution is -2.49. The average Bonchev–Trinajstić information content (AvgIpc) is 2.89. The molecule has 3 aromatic rings. The van der Waals surface area contributed by atoms with E-state index in [0.717, 1.165) is 5.82 Å². The maximum Gasteiger partial charge on any atom is 0.387 e. The molecule has 0 aliphatic carbocycles. The number of para-hydroxylation sites is 1. The SMILES string of the molecule is CCOc1ccccc1C(=O)Nc1ccc(N2CCN(C(=O)c3ccc(OC(F)F)cc3)CC2)nc1. The molecular formula is C26H26F2N4O4. The largest absolute Gasteiger partial charge is 0.493 e. The highest BCUT2D eigenvalue weighted by atomic mass is 19.3. The van der Waals surface area contributed by atoms with E-state index in [1.165, 1.54) is 24.3 Å². The van der Waals surface area contributed by atoms with Gasteiger partial charge in [0.15, 0.2) is 0 Å². The molecule has 2 amide bonds. The van der Waals surface area contributed by atoms with Crippen molar-refractivity contribution in [1.29, 1.82) is 0 Å². The summed E-state index contributed by atoms with van der Waals surface area (Å²) in [5.41, 5.74) is 1.41. The van der Waals surface area contributed by atoms with Crippen LogP contribution < -0.4 is 19.7 Å². The molecule has 1 aromatic heterocycles. The highest BCUT2D eigenvalue weighted by Gasteiger charge is 2.23. The molecule has 1 aliphatic rings. The Bertz CT molecular complexity index is 1180. The van der Waals surface area contributed by atoms with E-state index >= 15 is 0 Å². The molecule has 0 spiro atoms. The number of hydrogen-bond donors (Lipinski definition) is 1. The molecule has 0 saturated carbocycles. The van der Waals surface area contributed by atoms with Gasteiger partial charge >= 0.3 is 6.61 Å². The molecule has 1 aliphatic heterocycles. The van der Waals surface area contributed by atoms with Crippen molar-refractivity contribution >= 4 is 23.3 Å². The van der Waals surface area contributed by atoms with Gasteiger partial charge in [-0.2, -0.15) is 8.78 Å². The molecule has 0 unspecified atom stereocenters. The topological polar surface area (TPSA) is 84.0 Å². The van der Waals surface area contributed by atoms with Crippen LogP contribution >= 0.6 is 0 Å². The van der Waals surface area contributed by atoms with Crippen LogP contribution in [0.4, 0.5) is 20.3 Å². The van der Waals surface area contributed by atoms with Gasteiger partial charge in [-0.15, -0.1) is 0 Å². The van der Waals surface area contributed by atoms with E-state index in [2.05, 4.69) is 19.9 Å². The highest BCUT2D eigenvalue weighted by Crippen LogP contribution is 2.22. The molecule has 0 bridgehead atoms. The fraction of sp³-hybridized carbons (Fsp3) is 0.269. The summed E-state index contributed by atoms with van der Waals surface area (Å²) in [4.78, 5) is 33.7. The lowest BCUT2D eigenvalue weighted by molar-refractivity contribution is -0.0498. The summed E-state index contributed by atoms with van der Waals surface area (Å²) >= 11 is 0. The normalized spacial score (nSPS) is 13.4. The summed E-state index contributed by atoms with van der Waals surface area (Å²) in [6.45, 7) is 1.55. The zero-order valence-corrected chi connectivity index (χ0v) is 19.7. The number of carbonyl (C=O) groups excluding carboxylic acids is 2. The Labute approximate surface area is 207 Å². The van der Waals surface area contributed by atoms with Crippen molar-refractivity contribution < 1.29 is 27.8 Å². The second-order valence-electron chi connectivity index (χ2n) is 7.97. The van der Waals surface area contributed by atoms with Crippen LogP contribution in [0.1, 0.15) is 27.6 Å². The maximum atomic E-state index is 12.8. The Morgan fingerprint density at radius 3 is 2.36 bits per heavy atom. The fourth-order valence-electron chi connectivity index (χ4n) is 3.88. The molecule has 0 radical (unpaired) electrons. The van der Waals surface area contributed by atoms with Gasteiger partial charge in [0.05, 0.1) is 24.1 Å². The quantitative estimate of drug-likeness (QED) is 0.501. The maximum absolute atomic E-state index is 12.8. The Balaban J connectivity index is 1.31. The van der Waals surface area contributed by atoms with Crippen molar-refractivity contribution in [3.8, 4) is 11.5 Å². The summed E-state index contributed by atoms with van der Waals surface area (Å²) in [5.74, 6) is 0.817. The number of piperazine rings is 1. The van der Waals surface area contributed by atoms with Crippen molar-refractivity contribution in [1.82, 2.24) is 9.88 Å². The molecule has 1 fully saturated rings. The number of pyridine rings is 1. The minimum atomic E-state index is -2.91. The van der Waals surface area contributed by atoms with Crippen LogP contribution in [-0.2, 0) is 0 Å². The number of nitrogens with one attached hydrogen (secondary N) is 1. The number of aromatic nitrogens is 1. The van der Waals surface area contributed by atoms with Crippen molar-refractivity contribution in [2.24, 2.45) is 0 Å². The predicted octanol–water partition coefficient (Wildman–Crippen LogP) is 4.30. The molecule has 2 heterocycles. The minimum Gasteiger partial charge on any atom is -0.493 e. The fourth-order valence-corrected chi connectivity index (χ4v) is 3.88. The molecule has 8 nitrogen and oxygen atoms in total. The van der Waals surface area contributed by atoms with E-state index < -0.39 is 6.61 Å². The molecule has 1 saturated heterocycles. The van der Waals surface area contributed by atoms with Gasteiger partial charge in [-0.25, -0.2) is 4.98 Å². The van der Waals surface area contributed by atoms with E-state index in [1.807, 2.05) is 19.1 Å². The van der Waals surface area contributed by atoms with Crippen LogP contribution in [0.3, 0.4) is 0 Å². The first kappa shape index (κ1) is 24.9. The summed E-state index contributed by atoms with van der Waals surface area (Å²) in [6.07, 6.45) is 1.59. The predicted molar refractivity (Wildman–Crippen MR) is 131 cm³/mol. The van der Waals surface area contributed by atoms with Crippen LogP contribution in [0.5, 0.6) is 11.5 Å². The average molecular weight is 497 g/mol. The monoisotopic (exact) mass is 496 g/mol. The van der Waals surface area contributed by atoms with Gasteiger partial charge in [0.25, 0.3) is 11.8 Å². The standard InChI is InChI=1S/C26H26F2N4O4/c1-2-35-22-6-4-3-5-21(22)24(33)30-19-9-12-23(29-17-19)31-13-15-32(16-14-31)25(34)18-7-10-20(11-8-18)36-26(27)28/h3-12,17,26H,2,13-16H2,1H3,(H,30,33). The molecule has 2 aromatic carbocycles. The lowest BCUT2D eigenvalue weighted by Gasteiger charge is -2.35. The Hall–Kier alpha value is -4.21. The molecule has 10 heteroatoms. The van der Waals surface area contributed by atoms with Crippen molar-refractivity contribution in [3.63, 3.8) is 0 Å². The molecule has 0 atom stereocenters. The van der Waals surface area contributed by atoms with Gasteiger partial charge < -0.3 is 24.6 Å². The molecule has 36 heavy (non-hydrogen) atoms. The van der Waals surface area contributed by atoms with Crippen molar-refractivity contribution in [3.05, 3.63) is 78.0 Å². The first-order chi connectivity index (χ1) is 17.4. The van der Waals surface area contributed by atoms with Gasteiger partial charge in [0.2, 0.25) is 0 Å². The van der Waals surface area contributed by atoms with Gasteiger partial charge in [-0.1, -0.05) is 12.1 Å². The van der Waals surface area contributed by atoms with Crippen molar-refractivity contribution in [2.45, 2.75) is 13.5 Å². The number of alkyl halides is 2. The van der Waals surface area contributed by atoms with Gasteiger partial charge in [-0.05, 0) is 55.5 Å². The number of rotatable bonds is 8. The number of carbonyl (C=O) groups is 2.